The number of hydrogen-bond acceptors (Lipinski definition) is 6. The smallest absolute Gasteiger partial charge is 0.327 e. The molecular weight excluding hydrogens is 409 g/mol. The van der Waals surface area contributed by atoms with E-state index < -0.39 is 14.2 Å². The summed E-state index contributed by atoms with van der Waals surface area (Å²) in [6.45, 7) is -0.211. The Bertz CT molecular complexity index is 751. The Morgan fingerprint density at radius 1 is 1.22 bits per heavy atom. The highest BCUT2D eigenvalue weighted by Gasteiger charge is 2.24. The molecule has 2 aromatic rings. The van der Waals surface area contributed by atoms with Crippen molar-refractivity contribution in [2.45, 2.75) is 34.6 Å². The number of aliphatic hydroxyl groups is 1. The molecule has 2 rings (SSSR count). The van der Waals surface area contributed by atoms with Gasteiger partial charge in [0, 0.05) is 14.8 Å². The summed E-state index contributed by atoms with van der Waals surface area (Å²) >= 11 is 7.90. The quantitative estimate of drug-likeness (QED) is 0.493. The third-order valence-corrected chi connectivity index (χ3v) is 5.48. The van der Waals surface area contributed by atoms with E-state index in [9.17, 15) is 14.8 Å². The molecule has 0 saturated heterocycles. The number of nitrogens with two attached hydrogens (primary N) is 1. The summed E-state index contributed by atoms with van der Waals surface area (Å²) in [6, 6.07) is 12.9. The van der Waals surface area contributed by atoms with Crippen LogP contribution in [-0.2, 0) is 15.5 Å². The Labute approximate surface area is 169 Å². The normalized spacial score (nSPS) is 13.1. The average molecular weight is 432 g/mol. The standard InChI is InChI=1S/C18H21ClNO4PS.H2O/c19-17-10-16(26-15-5-1-4-14(22)9-15)7-6-13(17)3-2-8-18(20,11-21)12-24-25-23;/h1,4-7,9-10,21-22H,2-3,8,11-12,20H2;1H2. The van der Waals surface area contributed by atoms with Crippen molar-refractivity contribution in [2.75, 3.05) is 13.2 Å². The van der Waals surface area contributed by atoms with Crippen LogP contribution in [-0.4, -0.2) is 34.4 Å². The van der Waals surface area contributed by atoms with Gasteiger partial charge in [-0.25, -0.2) is 4.57 Å². The zero-order valence-corrected chi connectivity index (χ0v) is 17.1. The van der Waals surface area contributed by atoms with Crippen LogP contribution in [0, 0.1) is 0 Å². The topological polar surface area (TPSA) is 124 Å². The Morgan fingerprint density at radius 2 is 1.96 bits per heavy atom. The van der Waals surface area contributed by atoms with Gasteiger partial charge in [-0.3, -0.25) is 4.52 Å². The lowest BCUT2D eigenvalue weighted by Gasteiger charge is -2.25. The molecule has 0 amide bonds. The van der Waals surface area contributed by atoms with Crippen molar-refractivity contribution >= 4 is 32.0 Å². The molecule has 0 bridgehead atoms. The molecular formula is C18H23ClNO5PS. The van der Waals surface area contributed by atoms with E-state index in [0.717, 1.165) is 21.8 Å². The molecule has 0 heterocycles. The summed E-state index contributed by atoms with van der Waals surface area (Å²) in [4.78, 5) is 1.91. The number of phenolic OH excluding ortho intramolecular Hbond substituents is 1. The summed E-state index contributed by atoms with van der Waals surface area (Å²) < 4.78 is 15.2. The highest BCUT2D eigenvalue weighted by atomic mass is 35.5. The molecule has 1 atom stereocenters. The highest BCUT2D eigenvalue weighted by molar-refractivity contribution is 7.99. The minimum atomic E-state index is -0.908. The fourth-order valence-corrected chi connectivity index (χ4v) is 4.02. The third-order valence-electron chi connectivity index (χ3n) is 3.92. The van der Waals surface area contributed by atoms with Crippen molar-refractivity contribution in [3.05, 3.63) is 53.1 Å². The van der Waals surface area contributed by atoms with Crippen LogP contribution in [0.5, 0.6) is 5.75 Å². The first-order valence-corrected chi connectivity index (χ1v) is 9.98. The summed E-state index contributed by atoms with van der Waals surface area (Å²) in [5, 5.41) is 19.6. The van der Waals surface area contributed by atoms with E-state index >= 15 is 0 Å². The molecule has 1 unspecified atom stereocenters. The van der Waals surface area contributed by atoms with E-state index in [4.69, 9.17) is 21.9 Å². The predicted octanol–water partition coefficient (Wildman–Crippen LogP) is 3.61. The van der Waals surface area contributed by atoms with Gasteiger partial charge in [0.1, 0.15) is 5.75 Å². The first kappa shape index (κ1) is 23.9. The molecule has 6 N–H and O–H groups in total. The van der Waals surface area contributed by atoms with Crippen LogP contribution in [0.3, 0.4) is 0 Å². The largest absolute Gasteiger partial charge is 0.508 e. The van der Waals surface area contributed by atoms with Crippen LogP contribution in [0.1, 0.15) is 18.4 Å². The van der Waals surface area contributed by atoms with E-state index in [2.05, 4.69) is 0 Å². The van der Waals surface area contributed by atoms with Gasteiger partial charge >= 0.3 is 8.69 Å². The molecule has 0 aliphatic heterocycles. The molecule has 0 aliphatic carbocycles. The first-order chi connectivity index (χ1) is 12.5. The molecule has 0 fully saturated rings. The van der Waals surface area contributed by atoms with E-state index in [1.165, 1.54) is 11.8 Å². The van der Waals surface area contributed by atoms with Gasteiger partial charge in [0.25, 0.3) is 0 Å². The van der Waals surface area contributed by atoms with Crippen LogP contribution in [0.15, 0.2) is 52.3 Å². The monoisotopic (exact) mass is 431 g/mol. The molecule has 9 heteroatoms. The van der Waals surface area contributed by atoms with Gasteiger partial charge in [-0.15, -0.1) is 0 Å². The molecule has 0 saturated carbocycles. The molecule has 0 aromatic heterocycles. The minimum absolute atomic E-state index is 0. The van der Waals surface area contributed by atoms with Crippen molar-refractivity contribution in [3.8, 4) is 5.75 Å². The number of halogens is 1. The fourth-order valence-electron chi connectivity index (χ4n) is 2.46. The molecule has 0 spiro atoms. The minimum Gasteiger partial charge on any atom is -0.508 e. The number of phenols is 1. The van der Waals surface area contributed by atoms with Gasteiger partial charge in [0.15, 0.2) is 0 Å². The SMILES string of the molecule is NC(CO)(CCCc1ccc(Sc2cccc(O)c2)cc1Cl)COP=O.O. The molecule has 6 nitrogen and oxygen atoms in total. The zero-order valence-electron chi connectivity index (χ0n) is 14.6. The number of aliphatic hydroxyl groups excluding tert-OH is 1. The number of hydrogen-bond donors (Lipinski definition) is 3. The lowest BCUT2D eigenvalue weighted by Crippen LogP contribution is -2.47. The van der Waals surface area contributed by atoms with Crippen molar-refractivity contribution in [1.82, 2.24) is 0 Å². The maximum Gasteiger partial charge on any atom is 0.327 e. The highest BCUT2D eigenvalue weighted by Crippen LogP contribution is 2.32. The summed E-state index contributed by atoms with van der Waals surface area (Å²) in [5.74, 6) is 0.229. The molecule has 0 radical (unpaired) electrons. The van der Waals surface area contributed by atoms with Crippen molar-refractivity contribution in [1.29, 1.82) is 0 Å². The predicted molar refractivity (Wildman–Crippen MR) is 108 cm³/mol. The second kappa shape index (κ2) is 11.6. The molecule has 2 aromatic carbocycles. The van der Waals surface area contributed by atoms with Gasteiger partial charge in [0.05, 0.1) is 18.8 Å². The van der Waals surface area contributed by atoms with Crippen molar-refractivity contribution in [3.63, 3.8) is 0 Å². The second-order valence-electron chi connectivity index (χ2n) is 6.07. The summed E-state index contributed by atoms with van der Waals surface area (Å²) in [7, 11) is -0.443. The lowest BCUT2D eigenvalue weighted by molar-refractivity contribution is 0.131. The van der Waals surface area contributed by atoms with E-state index in [1.807, 2.05) is 24.3 Å². The van der Waals surface area contributed by atoms with Gasteiger partial charge in [0.2, 0.25) is 0 Å². The summed E-state index contributed by atoms with van der Waals surface area (Å²) in [5.41, 5.74) is 6.12. The number of aryl methyl sites for hydroxylation is 1. The van der Waals surface area contributed by atoms with Crippen molar-refractivity contribution in [2.24, 2.45) is 5.73 Å². The van der Waals surface area contributed by atoms with Gasteiger partial charge in [-0.1, -0.05) is 35.5 Å². The van der Waals surface area contributed by atoms with Crippen molar-refractivity contribution < 1.29 is 24.8 Å². The number of rotatable bonds is 10. The maximum absolute atomic E-state index is 10.4. The van der Waals surface area contributed by atoms with E-state index in [0.29, 0.717) is 17.9 Å². The Balaban J connectivity index is 0.00000364. The number of aromatic hydroxyl groups is 1. The molecule has 148 valence electrons. The lowest BCUT2D eigenvalue weighted by atomic mass is 9.94. The Morgan fingerprint density at radius 3 is 2.59 bits per heavy atom. The first-order valence-electron chi connectivity index (χ1n) is 8.05. The Kier molecular flexibility index (Phi) is 10.3. The van der Waals surface area contributed by atoms with E-state index in [-0.39, 0.29) is 24.4 Å². The van der Waals surface area contributed by atoms with Crippen LogP contribution in [0.25, 0.3) is 0 Å². The van der Waals surface area contributed by atoms with Crippen LogP contribution >= 0.6 is 32.0 Å². The second-order valence-corrected chi connectivity index (χ2v) is 8.04. The molecule has 27 heavy (non-hydrogen) atoms. The number of benzene rings is 2. The average Bonchev–Trinajstić information content (AvgIpc) is 2.62. The van der Waals surface area contributed by atoms with Crippen LogP contribution in [0.2, 0.25) is 5.02 Å². The Hall–Kier alpha value is -1.18. The third kappa shape index (κ3) is 7.76. The molecule has 0 aliphatic rings. The van der Waals surface area contributed by atoms with Crippen LogP contribution in [0.4, 0.5) is 0 Å². The summed E-state index contributed by atoms with van der Waals surface area (Å²) in [6.07, 6.45) is 1.95. The maximum atomic E-state index is 10.4. The van der Waals surface area contributed by atoms with Gasteiger partial charge in [-0.2, -0.15) is 0 Å². The van der Waals surface area contributed by atoms with Gasteiger partial charge < -0.3 is 21.4 Å². The van der Waals surface area contributed by atoms with Crippen LogP contribution < -0.4 is 5.73 Å². The van der Waals surface area contributed by atoms with Gasteiger partial charge in [-0.05, 0) is 55.2 Å². The zero-order chi connectivity index (χ0) is 19.0. The fraction of sp³-hybridized carbons (Fsp3) is 0.333. The van der Waals surface area contributed by atoms with E-state index in [1.54, 1.807) is 18.2 Å².